The first-order valence-electron chi connectivity index (χ1n) is 17.1. The first-order valence-corrected chi connectivity index (χ1v) is 20.8. The van der Waals surface area contributed by atoms with Crippen molar-refractivity contribution in [1.82, 2.24) is 5.32 Å². The molecule has 7 nitrogen and oxygen atoms in total. The summed E-state index contributed by atoms with van der Waals surface area (Å²) in [5, 5.41) is 4.78. The normalized spacial score (nSPS) is 19.2. The highest BCUT2D eigenvalue weighted by molar-refractivity contribution is 7.86. The van der Waals surface area contributed by atoms with Crippen LogP contribution in [0.2, 0.25) is 5.04 Å². The summed E-state index contributed by atoms with van der Waals surface area (Å²) in [5.41, 5.74) is 0. The van der Waals surface area contributed by atoms with Gasteiger partial charge >= 0.3 is 6.09 Å². The van der Waals surface area contributed by atoms with Gasteiger partial charge in [-0.25, -0.2) is 4.79 Å². The summed E-state index contributed by atoms with van der Waals surface area (Å²) in [5.74, 6) is 0. The van der Waals surface area contributed by atoms with Crippen LogP contribution in [0.1, 0.15) is 111 Å². The van der Waals surface area contributed by atoms with Crippen LogP contribution in [-0.4, -0.2) is 53.9 Å². The number of cyclic esters (lactones) is 1. The Bertz CT molecular complexity index is 1200. The predicted octanol–water partition coefficient (Wildman–Crippen LogP) is 7.48. The molecule has 252 valence electrons. The van der Waals surface area contributed by atoms with E-state index in [0.29, 0.717) is 6.42 Å². The zero-order chi connectivity index (χ0) is 32.8. The smallest absolute Gasteiger partial charge is 0.407 e. The van der Waals surface area contributed by atoms with E-state index in [9.17, 15) is 13.2 Å². The number of hydrogen-bond donors (Lipinski definition) is 1. The molecule has 1 aliphatic heterocycles. The van der Waals surface area contributed by atoms with Crippen molar-refractivity contribution >= 4 is 34.9 Å². The maximum atomic E-state index is 12.8. The molecule has 1 heterocycles. The Morgan fingerprint density at radius 1 is 0.778 bits per heavy atom. The number of alkyl carbamates (subject to hydrolysis) is 1. The third kappa shape index (κ3) is 11.5. The van der Waals surface area contributed by atoms with Gasteiger partial charge in [0.05, 0.1) is 18.9 Å². The fraction of sp³-hybridized carbons (Fsp3) is 0.639. The molecule has 0 radical (unpaired) electrons. The van der Waals surface area contributed by atoms with Crippen LogP contribution in [0.5, 0.6) is 0 Å². The van der Waals surface area contributed by atoms with Crippen molar-refractivity contribution < 1.29 is 26.6 Å². The SMILES string of the molecule is CCCCCCCCCCCCCC[C@@H]1OC(=O)N[C@@H](CO[Si](c2ccccc2)(c2ccccc2)C(C)(C)C)[C@@H]1OS(C)(=O)=O. The molecule has 0 unspecified atom stereocenters. The molecule has 3 atom stereocenters. The van der Waals surface area contributed by atoms with Crippen LogP contribution in [0, 0.1) is 0 Å². The molecular formula is C36H57NO6SSi. The summed E-state index contributed by atoms with van der Waals surface area (Å²) in [6.07, 6.45) is 14.1. The predicted molar refractivity (Wildman–Crippen MR) is 186 cm³/mol. The Morgan fingerprint density at radius 3 is 1.69 bits per heavy atom. The van der Waals surface area contributed by atoms with E-state index < -0.39 is 42.8 Å². The Morgan fingerprint density at radius 2 is 1.24 bits per heavy atom. The molecule has 1 aliphatic rings. The van der Waals surface area contributed by atoms with Crippen LogP contribution < -0.4 is 15.7 Å². The van der Waals surface area contributed by atoms with E-state index in [-0.39, 0.29) is 11.6 Å². The molecule has 0 aliphatic carbocycles. The Labute approximate surface area is 274 Å². The van der Waals surface area contributed by atoms with Crippen molar-refractivity contribution in [3.63, 3.8) is 0 Å². The van der Waals surface area contributed by atoms with Crippen molar-refractivity contribution in [3.8, 4) is 0 Å². The molecule has 3 rings (SSSR count). The lowest BCUT2D eigenvalue weighted by atomic mass is 9.98. The van der Waals surface area contributed by atoms with Gasteiger partial charge in [0.2, 0.25) is 0 Å². The zero-order valence-corrected chi connectivity index (χ0v) is 30.1. The first kappa shape index (κ1) is 37.3. The van der Waals surface area contributed by atoms with Crippen LogP contribution in [0.15, 0.2) is 60.7 Å². The van der Waals surface area contributed by atoms with Crippen LogP contribution in [0.3, 0.4) is 0 Å². The fourth-order valence-corrected chi connectivity index (χ4v) is 11.8. The second-order valence-electron chi connectivity index (χ2n) is 13.6. The van der Waals surface area contributed by atoms with E-state index >= 15 is 0 Å². The minimum absolute atomic E-state index is 0.0948. The minimum Gasteiger partial charge on any atom is -0.443 e. The van der Waals surface area contributed by atoms with Gasteiger partial charge in [0.1, 0.15) is 12.2 Å². The molecule has 0 spiro atoms. The molecule has 2 aromatic rings. The Balaban J connectivity index is 1.68. The molecule has 9 heteroatoms. The van der Waals surface area contributed by atoms with Gasteiger partial charge in [0.25, 0.3) is 18.4 Å². The molecule has 2 aromatic carbocycles. The summed E-state index contributed by atoms with van der Waals surface area (Å²) in [4.78, 5) is 12.8. The maximum Gasteiger partial charge on any atom is 0.407 e. The van der Waals surface area contributed by atoms with E-state index in [0.717, 1.165) is 35.9 Å². The Hall–Kier alpha value is -2.20. The van der Waals surface area contributed by atoms with Crippen LogP contribution in [-0.2, 0) is 23.5 Å². The summed E-state index contributed by atoms with van der Waals surface area (Å²) >= 11 is 0. The number of rotatable bonds is 20. The number of hydrogen-bond acceptors (Lipinski definition) is 6. The van der Waals surface area contributed by atoms with Crippen LogP contribution >= 0.6 is 0 Å². The van der Waals surface area contributed by atoms with Crippen LogP contribution in [0.25, 0.3) is 0 Å². The molecule has 1 fully saturated rings. The van der Waals surface area contributed by atoms with Gasteiger partial charge in [0, 0.05) is 0 Å². The van der Waals surface area contributed by atoms with Crippen molar-refractivity contribution in [2.24, 2.45) is 0 Å². The monoisotopic (exact) mass is 659 g/mol. The molecule has 0 bridgehead atoms. The summed E-state index contributed by atoms with van der Waals surface area (Å²) < 4.78 is 43.2. The molecule has 0 saturated carbocycles. The lowest BCUT2D eigenvalue weighted by Crippen LogP contribution is -2.68. The quantitative estimate of drug-likeness (QED) is 0.0901. The third-order valence-corrected chi connectivity index (χ3v) is 14.4. The third-order valence-electron chi connectivity index (χ3n) is 8.85. The topological polar surface area (TPSA) is 90.9 Å². The van der Waals surface area contributed by atoms with Gasteiger partial charge in [-0.2, -0.15) is 8.42 Å². The molecule has 1 amide bonds. The van der Waals surface area contributed by atoms with E-state index in [1.54, 1.807) is 0 Å². The first-order chi connectivity index (χ1) is 21.5. The van der Waals surface area contributed by atoms with E-state index in [1.807, 2.05) is 36.4 Å². The van der Waals surface area contributed by atoms with Crippen molar-refractivity contribution in [2.45, 2.75) is 134 Å². The second kappa shape index (κ2) is 18.2. The molecule has 0 aromatic heterocycles. The van der Waals surface area contributed by atoms with Crippen molar-refractivity contribution in [2.75, 3.05) is 12.9 Å². The Kier molecular flexibility index (Phi) is 15.1. The van der Waals surface area contributed by atoms with Crippen molar-refractivity contribution in [1.29, 1.82) is 0 Å². The maximum absolute atomic E-state index is 12.8. The molecule has 45 heavy (non-hydrogen) atoms. The highest BCUT2D eigenvalue weighted by Crippen LogP contribution is 2.37. The van der Waals surface area contributed by atoms with Gasteiger partial charge in [-0.3, -0.25) is 4.18 Å². The van der Waals surface area contributed by atoms with Crippen molar-refractivity contribution in [3.05, 3.63) is 60.7 Å². The van der Waals surface area contributed by atoms with E-state index in [1.165, 1.54) is 57.8 Å². The number of benzene rings is 2. The fourth-order valence-electron chi connectivity index (χ4n) is 6.58. The average molecular weight is 660 g/mol. The average Bonchev–Trinajstić information content (AvgIpc) is 2.99. The van der Waals surface area contributed by atoms with Gasteiger partial charge in [0.15, 0.2) is 0 Å². The van der Waals surface area contributed by atoms with Gasteiger partial charge < -0.3 is 14.5 Å². The summed E-state index contributed by atoms with van der Waals surface area (Å²) in [6, 6.07) is 19.8. The zero-order valence-electron chi connectivity index (χ0n) is 28.3. The molecular weight excluding hydrogens is 603 g/mol. The highest BCUT2D eigenvalue weighted by atomic mass is 32.2. The number of unbranched alkanes of at least 4 members (excludes halogenated alkanes) is 11. The van der Waals surface area contributed by atoms with Gasteiger partial charge in [-0.15, -0.1) is 0 Å². The van der Waals surface area contributed by atoms with E-state index in [2.05, 4.69) is 57.3 Å². The standard InChI is InChI=1S/C36H57NO6SSi/c1-6-7-8-9-10-11-12-13-14-15-16-23-28-33-34(43-44(5,39)40)32(37-35(38)42-33)29-41-45(36(2,3)4,30-24-19-17-20-25-30)31-26-21-18-22-27-31/h17-22,24-27,32-34H,6-16,23,28-29H2,1-5H3,(H,37,38)/t32-,33-,34-/m0/s1. The number of amides is 1. The number of carbonyl (C=O) groups excluding carboxylic acids is 1. The minimum atomic E-state index is -3.82. The second-order valence-corrected chi connectivity index (χ2v) is 19.5. The summed E-state index contributed by atoms with van der Waals surface area (Å²) in [6.45, 7) is 8.89. The lowest BCUT2D eigenvalue weighted by Gasteiger charge is -2.45. The van der Waals surface area contributed by atoms with Gasteiger partial charge in [-0.1, -0.05) is 159 Å². The molecule has 1 N–H and O–H groups in total. The molecule has 1 saturated heterocycles. The summed E-state index contributed by atoms with van der Waals surface area (Å²) in [7, 11) is -6.75. The largest absolute Gasteiger partial charge is 0.443 e. The van der Waals surface area contributed by atoms with E-state index in [4.69, 9.17) is 13.3 Å². The number of nitrogens with one attached hydrogen (secondary N) is 1. The van der Waals surface area contributed by atoms with Gasteiger partial charge in [-0.05, 0) is 28.3 Å². The lowest BCUT2D eigenvalue weighted by molar-refractivity contribution is -0.0400. The number of ether oxygens (including phenoxy) is 1. The highest BCUT2D eigenvalue weighted by Gasteiger charge is 2.51. The van der Waals surface area contributed by atoms with Crippen LogP contribution in [0.4, 0.5) is 4.79 Å². The number of carbonyl (C=O) groups is 1.